The van der Waals surface area contributed by atoms with Crippen LogP contribution in [0.25, 0.3) is 0 Å². The van der Waals surface area contributed by atoms with Gasteiger partial charge in [-0.15, -0.1) is 0 Å². The Hall–Kier alpha value is -0.930. The highest BCUT2D eigenvalue weighted by atomic mass is 19.1. The second-order valence-electron chi connectivity index (χ2n) is 6.11. The van der Waals surface area contributed by atoms with Gasteiger partial charge in [0, 0.05) is 17.6 Å². The van der Waals surface area contributed by atoms with Crippen LogP contribution in [0.4, 0.5) is 4.39 Å². The van der Waals surface area contributed by atoms with E-state index in [1.807, 2.05) is 19.2 Å². The number of hydrogen-bond donors (Lipinski definition) is 1. The van der Waals surface area contributed by atoms with Gasteiger partial charge in [0.05, 0.1) is 0 Å². The first kappa shape index (κ1) is 15.5. The lowest BCUT2D eigenvalue weighted by molar-refractivity contribution is 0.116. The zero-order chi connectivity index (χ0) is 14.5. The van der Waals surface area contributed by atoms with Crippen molar-refractivity contribution in [3.05, 3.63) is 35.6 Å². The number of halogens is 1. The van der Waals surface area contributed by atoms with Crippen molar-refractivity contribution in [3.63, 3.8) is 0 Å². The van der Waals surface area contributed by atoms with Crippen LogP contribution in [0.2, 0.25) is 0 Å². The molecule has 1 heterocycles. The average molecular weight is 278 g/mol. The first-order valence-electron chi connectivity index (χ1n) is 7.80. The summed E-state index contributed by atoms with van der Waals surface area (Å²) in [6.45, 7) is 6.45. The number of benzene rings is 1. The second kappa shape index (κ2) is 7.19. The molecule has 2 nitrogen and oxygen atoms in total. The Balaban J connectivity index is 2.39. The molecule has 0 radical (unpaired) electrons. The monoisotopic (exact) mass is 278 g/mol. The van der Waals surface area contributed by atoms with E-state index in [9.17, 15) is 4.39 Å². The smallest absolute Gasteiger partial charge is 0.127 e. The van der Waals surface area contributed by atoms with Gasteiger partial charge in [0.1, 0.15) is 5.82 Å². The maximum Gasteiger partial charge on any atom is 0.127 e. The molecule has 1 aliphatic rings. The predicted octanol–water partition coefficient (Wildman–Crippen LogP) is 3.60. The Morgan fingerprint density at radius 3 is 2.70 bits per heavy atom. The van der Waals surface area contributed by atoms with E-state index in [-0.39, 0.29) is 11.9 Å². The van der Waals surface area contributed by atoms with Gasteiger partial charge in [0.15, 0.2) is 0 Å². The van der Waals surface area contributed by atoms with E-state index >= 15 is 0 Å². The van der Waals surface area contributed by atoms with Crippen LogP contribution in [-0.2, 0) is 0 Å². The lowest BCUT2D eigenvalue weighted by Crippen LogP contribution is -2.40. The zero-order valence-electron chi connectivity index (χ0n) is 12.9. The molecule has 2 atom stereocenters. The van der Waals surface area contributed by atoms with E-state index in [0.29, 0.717) is 12.0 Å². The molecule has 2 rings (SSSR count). The summed E-state index contributed by atoms with van der Waals surface area (Å²) in [7, 11) is 1.99. The highest BCUT2D eigenvalue weighted by Gasteiger charge is 2.33. The van der Waals surface area contributed by atoms with Crippen molar-refractivity contribution < 1.29 is 4.39 Å². The van der Waals surface area contributed by atoms with Crippen LogP contribution in [0.15, 0.2) is 24.3 Å². The Kier molecular flexibility index (Phi) is 5.55. The summed E-state index contributed by atoms with van der Waals surface area (Å²) in [5.41, 5.74) is 0.864. The molecule has 2 unspecified atom stereocenters. The quantitative estimate of drug-likeness (QED) is 0.905. The summed E-state index contributed by atoms with van der Waals surface area (Å²) in [6.07, 6.45) is 3.62. The Labute approximate surface area is 122 Å². The molecule has 0 bridgehead atoms. The minimum Gasteiger partial charge on any atom is -0.319 e. The summed E-state index contributed by atoms with van der Waals surface area (Å²) in [6, 6.07) is 7.92. The van der Waals surface area contributed by atoms with E-state index in [4.69, 9.17) is 0 Å². The number of rotatable bonds is 4. The van der Waals surface area contributed by atoms with Gasteiger partial charge in [-0.1, -0.05) is 24.6 Å². The molecule has 1 aliphatic heterocycles. The molecule has 0 spiro atoms. The summed E-state index contributed by atoms with van der Waals surface area (Å²) in [4.78, 5) is 2.48. The lowest BCUT2D eigenvalue weighted by atomic mass is 9.88. The standard InChI is InChI=1S/C17H27FN2/c1-13(2)20-11-7-6-8-14(12-19-3)17(20)15-9-4-5-10-16(15)18/h4-5,9-10,13-14,17,19H,6-8,11-12H2,1-3H3. The maximum absolute atomic E-state index is 14.3. The third-order valence-electron chi connectivity index (χ3n) is 4.40. The summed E-state index contributed by atoms with van der Waals surface area (Å²) in [5.74, 6) is 0.410. The van der Waals surface area contributed by atoms with Crippen LogP contribution in [0, 0.1) is 11.7 Å². The summed E-state index contributed by atoms with van der Waals surface area (Å²) in [5, 5.41) is 3.29. The van der Waals surface area contributed by atoms with Crippen LogP contribution < -0.4 is 5.32 Å². The van der Waals surface area contributed by atoms with E-state index in [0.717, 1.165) is 18.7 Å². The van der Waals surface area contributed by atoms with Crippen molar-refractivity contribution in [1.82, 2.24) is 10.2 Å². The first-order chi connectivity index (χ1) is 9.65. The van der Waals surface area contributed by atoms with Crippen molar-refractivity contribution in [1.29, 1.82) is 0 Å². The molecular formula is C17H27FN2. The fourth-order valence-corrected chi connectivity index (χ4v) is 3.47. The van der Waals surface area contributed by atoms with Gasteiger partial charge in [0.25, 0.3) is 0 Å². The van der Waals surface area contributed by atoms with E-state index in [1.54, 1.807) is 12.1 Å². The molecule has 1 aromatic rings. The summed E-state index contributed by atoms with van der Waals surface area (Å²) >= 11 is 0. The second-order valence-corrected chi connectivity index (χ2v) is 6.11. The SMILES string of the molecule is CNCC1CCCCN(C(C)C)C1c1ccccc1F. The average Bonchev–Trinajstić information content (AvgIpc) is 2.62. The van der Waals surface area contributed by atoms with Crippen molar-refractivity contribution in [2.24, 2.45) is 5.92 Å². The van der Waals surface area contributed by atoms with E-state index in [2.05, 4.69) is 24.1 Å². The predicted molar refractivity (Wildman–Crippen MR) is 82.3 cm³/mol. The van der Waals surface area contributed by atoms with E-state index < -0.39 is 0 Å². The Morgan fingerprint density at radius 2 is 2.05 bits per heavy atom. The van der Waals surface area contributed by atoms with Gasteiger partial charge in [0.2, 0.25) is 0 Å². The maximum atomic E-state index is 14.3. The molecule has 0 aromatic heterocycles. The molecule has 0 aliphatic carbocycles. The normalized spacial score (nSPS) is 24.9. The lowest BCUT2D eigenvalue weighted by Gasteiger charge is -2.38. The van der Waals surface area contributed by atoms with Crippen molar-refractivity contribution in [2.45, 2.75) is 45.2 Å². The molecule has 20 heavy (non-hydrogen) atoms. The highest BCUT2D eigenvalue weighted by molar-refractivity contribution is 5.23. The van der Waals surface area contributed by atoms with Crippen molar-refractivity contribution >= 4 is 0 Å². The molecule has 3 heteroatoms. The third-order valence-corrected chi connectivity index (χ3v) is 4.40. The third kappa shape index (κ3) is 3.39. The topological polar surface area (TPSA) is 15.3 Å². The van der Waals surface area contributed by atoms with Crippen molar-refractivity contribution in [2.75, 3.05) is 20.1 Å². The molecule has 1 fully saturated rings. The van der Waals surface area contributed by atoms with Crippen LogP contribution in [0.5, 0.6) is 0 Å². The number of nitrogens with one attached hydrogen (secondary N) is 1. The van der Waals surface area contributed by atoms with Gasteiger partial charge in [-0.2, -0.15) is 0 Å². The van der Waals surface area contributed by atoms with Crippen LogP contribution in [0.1, 0.15) is 44.7 Å². The number of hydrogen-bond acceptors (Lipinski definition) is 2. The molecule has 112 valence electrons. The minimum atomic E-state index is -0.0637. The largest absolute Gasteiger partial charge is 0.319 e. The van der Waals surface area contributed by atoms with Gasteiger partial charge in [-0.25, -0.2) is 4.39 Å². The molecule has 1 N–H and O–H groups in total. The van der Waals surface area contributed by atoms with Crippen LogP contribution in [0.3, 0.4) is 0 Å². The highest BCUT2D eigenvalue weighted by Crippen LogP contribution is 2.37. The van der Waals surface area contributed by atoms with Crippen LogP contribution in [-0.4, -0.2) is 31.1 Å². The molecule has 1 saturated heterocycles. The summed E-state index contributed by atoms with van der Waals surface area (Å²) < 4.78 is 14.3. The van der Waals surface area contributed by atoms with Gasteiger partial charge in [-0.3, -0.25) is 4.90 Å². The Morgan fingerprint density at radius 1 is 1.30 bits per heavy atom. The van der Waals surface area contributed by atoms with Crippen LogP contribution >= 0.6 is 0 Å². The fraction of sp³-hybridized carbons (Fsp3) is 0.647. The Bertz CT molecular complexity index is 419. The molecule has 1 aromatic carbocycles. The van der Waals surface area contributed by atoms with Gasteiger partial charge >= 0.3 is 0 Å². The van der Waals surface area contributed by atoms with Gasteiger partial charge in [-0.05, 0) is 58.8 Å². The number of nitrogens with zero attached hydrogens (tertiary/aromatic N) is 1. The molecule has 0 saturated carbocycles. The zero-order valence-corrected chi connectivity index (χ0v) is 12.9. The minimum absolute atomic E-state index is 0.0637. The first-order valence-corrected chi connectivity index (χ1v) is 7.80. The number of likely N-dealkylation sites (tertiary alicyclic amines) is 1. The molecule has 0 amide bonds. The fourth-order valence-electron chi connectivity index (χ4n) is 3.47. The van der Waals surface area contributed by atoms with Crippen molar-refractivity contribution in [3.8, 4) is 0 Å². The molecular weight excluding hydrogens is 251 g/mol. The van der Waals surface area contributed by atoms with Gasteiger partial charge < -0.3 is 5.32 Å². The van der Waals surface area contributed by atoms with E-state index in [1.165, 1.54) is 19.3 Å².